The van der Waals surface area contributed by atoms with Crippen molar-refractivity contribution in [2.75, 3.05) is 11.9 Å². The van der Waals surface area contributed by atoms with Gasteiger partial charge in [-0.25, -0.2) is 4.39 Å². The zero-order valence-electron chi connectivity index (χ0n) is 12.7. The summed E-state index contributed by atoms with van der Waals surface area (Å²) in [5.74, 6) is 0.265. The van der Waals surface area contributed by atoms with Gasteiger partial charge in [0.05, 0.1) is 19.4 Å². The molecule has 6 nitrogen and oxygen atoms in total. The first kappa shape index (κ1) is 16.1. The number of halogens is 1. The SMILES string of the molecule is O=C(CNc1nnc(Cc2ccc(F)cc2)s1)NCc1ccco1. The van der Waals surface area contributed by atoms with Gasteiger partial charge < -0.3 is 15.1 Å². The molecule has 0 spiro atoms. The lowest BCUT2D eigenvalue weighted by atomic mass is 10.2. The highest BCUT2D eigenvalue weighted by Crippen LogP contribution is 2.18. The van der Waals surface area contributed by atoms with E-state index in [4.69, 9.17) is 4.42 Å². The topological polar surface area (TPSA) is 80.0 Å². The molecule has 0 radical (unpaired) electrons. The van der Waals surface area contributed by atoms with E-state index in [0.717, 1.165) is 10.6 Å². The number of benzene rings is 1. The predicted octanol–water partition coefficient (Wildman–Crippen LogP) is 2.59. The minimum absolute atomic E-state index is 0.103. The Balaban J connectivity index is 1.45. The Kier molecular flexibility index (Phi) is 5.17. The van der Waals surface area contributed by atoms with E-state index in [1.807, 2.05) is 0 Å². The van der Waals surface area contributed by atoms with Crippen LogP contribution in [-0.2, 0) is 17.8 Å². The van der Waals surface area contributed by atoms with Crippen LogP contribution in [-0.4, -0.2) is 22.6 Å². The van der Waals surface area contributed by atoms with Crippen LogP contribution in [0.1, 0.15) is 16.3 Å². The third kappa shape index (κ3) is 4.63. The number of hydrogen-bond donors (Lipinski definition) is 2. The van der Waals surface area contributed by atoms with Crippen LogP contribution in [0.5, 0.6) is 0 Å². The Morgan fingerprint density at radius 3 is 2.79 bits per heavy atom. The van der Waals surface area contributed by atoms with Crippen LogP contribution in [0.25, 0.3) is 0 Å². The number of nitrogens with one attached hydrogen (secondary N) is 2. The highest BCUT2D eigenvalue weighted by atomic mass is 32.1. The summed E-state index contributed by atoms with van der Waals surface area (Å²) in [7, 11) is 0. The van der Waals surface area contributed by atoms with Crippen molar-refractivity contribution in [3.05, 3.63) is 64.8 Å². The van der Waals surface area contributed by atoms with E-state index in [1.54, 1.807) is 30.5 Å². The zero-order valence-corrected chi connectivity index (χ0v) is 13.5. The second-order valence-electron chi connectivity index (χ2n) is 5.01. The van der Waals surface area contributed by atoms with Crippen molar-refractivity contribution in [3.63, 3.8) is 0 Å². The standard InChI is InChI=1S/C16H15FN4O2S/c17-12-5-3-11(4-6-12)8-15-20-21-16(24-15)19-10-14(22)18-9-13-2-1-7-23-13/h1-7H,8-10H2,(H,18,22)(H,19,21). The number of nitrogens with zero attached hydrogens (tertiary/aromatic N) is 2. The second-order valence-corrected chi connectivity index (χ2v) is 6.08. The molecule has 0 unspecified atom stereocenters. The Morgan fingerprint density at radius 1 is 1.21 bits per heavy atom. The fourth-order valence-electron chi connectivity index (χ4n) is 1.99. The largest absolute Gasteiger partial charge is 0.467 e. The number of furan rings is 1. The molecule has 0 aliphatic carbocycles. The number of anilines is 1. The van der Waals surface area contributed by atoms with Gasteiger partial charge >= 0.3 is 0 Å². The molecule has 24 heavy (non-hydrogen) atoms. The Bertz CT molecular complexity index is 787. The molecule has 2 aromatic heterocycles. The maximum Gasteiger partial charge on any atom is 0.239 e. The molecular weight excluding hydrogens is 331 g/mol. The summed E-state index contributed by atoms with van der Waals surface area (Å²) in [6.07, 6.45) is 2.13. The summed E-state index contributed by atoms with van der Waals surface area (Å²) >= 11 is 1.36. The van der Waals surface area contributed by atoms with Crippen LogP contribution in [0.15, 0.2) is 47.1 Å². The van der Waals surface area contributed by atoms with Crippen LogP contribution in [0.3, 0.4) is 0 Å². The summed E-state index contributed by atoms with van der Waals surface area (Å²) in [5.41, 5.74) is 0.954. The quantitative estimate of drug-likeness (QED) is 0.687. The zero-order chi connectivity index (χ0) is 16.8. The van der Waals surface area contributed by atoms with E-state index >= 15 is 0 Å². The Morgan fingerprint density at radius 2 is 2.04 bits per heavy atom. The molecule has 8 heteroatoms. The van der Waals surface area contributed by atoms with Crippen LogP contribution < -0.4 is 10.6 Å². The predicted molar refractivity (Wildman–Crippen MR) is 88.2 cm³/mol. The van der Waals surface area contributed by atoms with Crippen molar-refractivity contribution in [2.45, 2.75) is 13.0 Å². The maximum absolute atomic E-state index is 12.9. The van der Waals surface area contributed by atoms with Crippen molar-refractivity contribution in [3.8, 4) is 0 Å². The van der Waals surface area contributed by atoms with Gasteiger partial charge in [-0.3, -0.25) is 4.79 Å². The van der Waals surface area contributed by atoms with Gasteiger partial charge in [-0.05, 0) is 29.8 Å². The average molecular weight is 346 g/mol. The number of carbonyl (C=O) groups excluding carboxylic acids is 1. The highest BCUT2D eigenvalue weighted by molar-refractivity contribution is 7.15. The number of carbonyl (C=O) groups is 1. The summed E-state index contributed by atoms with van der Waals surface area (Å²) in [6, 6.07) is 9.82. The highest BCUT2D eigenvalue weighted by Gasteiger charge is 2.08. The first-order valence-electron chi connectivity index (χ1n) is 7.29. The molecule has 2 heterocycles. The van der Waals surface area contributed by atoms with Crippen LogP contribution in [0, 0.1) is 5.82 Å². The number of aromatic nitrogens is 2. The minimum atomic E-state index is -0.265. The van der Waals surface area contributed by atoms with Crippen LogP contribution >= 0.6 is 11.3 Å². The molecule has 0 saturated carbocycles. The molecule has 0 aliphatic rings. The first-order chi connectivity index (χ1) is 11.7. The molecule has 0 aliphatic heterocycles. The van der Waals surface area contributed by atoms with Crippen molar-refractivity contribution < 1.29 is 13.6 Å². The monoisotopic (exact) mass is 346 g/mol. The molecule has 0 saturated heterocycles. The van der Waals surface area contributed by atoms with Gasteiger partial charge in [0, 0.05) is 6.42 Å². The lowest BCUT2D eigenvalue weighted by Crippen LogP contribution is -2.29. The molecule has 0 bridgehead atoms. The average Bonchev–Trinajstić information content (AvgIpc) is 3.25. The van der Waals surface area contributed by atoms with Crippen molar-refractivity contribution in [1.82, 2.24) is 15.5 Å². The first-order valence-corrected chi connectivity index (χ1v) is 8.10. The van der Waals surface area contributed by atoms with E-state index in [-0.39, 0.29) is 18.3 Å². The molecule has 3 rings (SSSR count). The minimum Gasteiger partial charge on any atom is -0.467 e. The molecule has 0 fully saturated rings. The molecule has 2 N–H and O–H groups in total. The molecule has 0 atom stereocenters. The summed E-state index contributed by atoms with van der Waals surface area (Å²) in [6.45, 7) is 0.450. The second kappa shape index (κ2) is 7.69. The van der Waals surface area contributed by atoms with Gasteiger partial charge in [0.1, 0.15) is 16.6 Å². The van der Waals surface area contributed by atoms with Gasteiger partial charge in [-0.1, -0.05) is 23.5 Å². The van der Waals surface area contributed by atoms with E-state index in [9.17, 15) is 9.18 Å². The van der Waals surface area contributed by atoms with Gasteiger partial charge in [0.25, 0.3) is 0 Å². The van der Waals surface area contributed by atoms with Gasteiger partial charge in [-0.2, -0.15) is 0 Å². The van der Waals surface area contributed by atoms with E-state index in [2.05, 4.69) is 20.8 Å². The van der Waals surface area contributed by atoms with Crippen molar-refractivity contribution >= 4 is 22.4 Å². The fraction of sp³-hybridized carbons (Fsp3) is 0.188. The van der Waals surface area contributed by atoms with E-state index in [1.165, 1.54) is 23.5 Å². The van der Waals surface area contributed by atoms with Gasteiger partial charge in [-0.15, -0.1) is 10.2 Å². The Labute approximate surface area is 141 Å². The Hall–Kier alpha value is -2.74. The summed E-state index contributed by atoms with van der Waals surface area (Å²) in [5, 5.41) is 15.1. The number of hydrogen-bond acceptors (Lipinski definition) is 6. The summed E-state index contributed by atoms with van der Waals surface area (Å²) in [4.78, 5) is 11.7. The number of amides is 1. The molecular formula is C16H15FN4O2S. The van der Waals surface area contributed by atoms with Gasteiger partial charge in [0.15, 0.2) is 0 Å². The van der Waals surface area contributed by atoms with Crippen LogP contribution in [0.2, 0.25) is 0 Å². The lowest BCUT2D eigenvalue weighted by molar-refractivity contribution is -0.119. The third-order valence-corrected chi connectivity index (χ3v) is 4.06. The molecule has 1 aromatic carbocycles. The third-order valence-electron chi connectivity index (χ3n) is 3.18. The van der Waals surface area contributed by atoms with Gasteiger partial charge in [0.2, 0.25) is 11.0 Å². The van der Waals surface area contributed by atoms with E-state index in [0.29, 0.717) is 23.9 Å². The molecule has 1 amide bonds. The van der Waals surface area contributed by atoms with Crippen LogP contribution in [0.4, 0.5) is 9.52 Å². The lowest BCUT2D eigenvalue weighted by Gasteiger charge is -2.03. The smallest absolute Gasteiger partial charge is 0.239 e. The van der Waals surface area contributed by atoms with Crippen molar-refractivity contribution in [1.29, 1.82) is 0 Å². The van der Waals surface area contributed by atoms with E-state index < -0.39 is 0 Å². The molecule has 124 valence electrons. The summed E-state index contributed by atoms with van der Waals surface area (Å²) < 4.78 is 18.0. The maximum atomic E-state index is 12.9. The normalized spacial score (nSPS) is 10.5. The molecule has 3 aromatic rings. The number of rotatable bonds is 7. The van der Waals surface area contributed by atoms with Crippen molar-refractivity contribution in [2.24, 2.45) is 0 Å². The fourth-order valence-corrected chi connectivity index (χ4v) is 2.76.